The second-order valence-electron chi connectivity index (χ2n) is 6.59. The van der Waals surface area contributed by atoms with Crippen LogP contribution in [0.4, 0.5) is 11.4 Å². The number of hydrogen-bond acceptors (Lipinski definition) is 2. The van der Waals surface area contributed by atoms with Gasteiger partial charge < -0.3 is 10.6 Å². The van der Waals surface area contributed by atoms with E-state index in [1.54, 1.807) is 0 Å². The van der Waals surface area contributed by atoms with Crippen LogP contribution < -0.4 is 10.6 Å². The Kier molecular flexibility index (Phi) is 3.42. The van der Waals surface area contributed by atoms with Crippen molar-refractivity contribution < 1.29 is 0 Å². The molecule has 0 radical (unpaired) electrons. The minimum Gasteiger partial charge on any atom is -0.398 e. The molecule has 2 fully saturated rings. The van der Waals surface area contributed by atoms with Crippen molar-refractivity contribution in [3.8, 4) is 0 Å². The zero-order chi connectivity index (χ0) is 13.3. The van der Waals surface area contributed by atoms with Gasteiger partial charge in [0.05, 0.1) is 0 Å². The Balaban J connectivity index is 1.67. The Bertz CT molecular complexity index is 437. The average molecular weight is 258 g/mol. The lowest BCUT2D eigenvalue weighted by molar-refractivity contribution is 0.144. The molecule has 1 heterocycles. The van der Waals surface area contributed by atoms with Crippen molar-refractivity contribution >= 4 is 11.4 Å². The van der Waals surface area contributed by atoms with E-state index in [2.05, 4.69) is 30.0 Å². The average Bonchev–Trinajstić information content (AvgIpc) is 2.44. The monoisotopic (exact) mass is 258 g/mol. The summed E-state index contributed by atoms with van der Waals surface area (Å²) in [6.07, 6.45) is 10.1. The van der Waals surface area contributed by atoms with Crippen molar-refractivity contribution in [2.45, 2.75) is 51.9 Å². The van der Waals surface area contributed by atoms with Gasteiger partial charge in [-0.15, -0.1) is 0 Å². The number of rotatable bonds is 1. The number of nitrogens with two attached hydrogens (primary N) is 1. The largest absolute Gasteiger partial charge is 0.398 e. The third kappa shape index (κ3) is 2.58. The number of hydrogen-bond donors (Lipinski definition) is 1. The van der Waals surface area contributed by atoms with Crippen molar-refractivity contribution in [1.82, 2.24) is 0 Å². The third-order valence-electron chi connectivity index (χ3n) is 5.37. The first-order chi connectivity index (χ1) is 9.19. The molecule has 2 aliphatic rings. The number of benzene rings is 1. The number of anilines is 2. The predicted octanol–water partition coefficient (Wildman–Crippen LogP) is 4.13. The van der Waals surface area contributed by atoms with Crippen LogP contribution in [0.3, 0.4) is 0 Å². The molecule has 0 atom stereocenters. The van der Waals surface area contributed by atoms with Crippen LogP contribution in [-0.2, 0) is 0 Å². The first-order valence-corrected chi connectivity index (χ1v) is 7.80. The molecule has 0 bridgehead atoms. The summed E-state index contributed by atoms with van der Waals surface area (Å²) in [4.78, 5) is 2.52. The summed E-state index contributed by atoms with van der Waals surface area (Å²) in [5, 5.41) is 0. The van der Waals surface area contributed by atoms with E-state index in [-0.39, 0.29) is 0 Å². The Morgan fingerprint density at radius 1 is 1.00 bits per heavy atom. The normalized spacial score (nSPS) is 22.7. The molecule has 0 aromatic heterocycles. The van der Waals surface area contributed by atoms with Crippen LogP contribution in [0.15, 0.2) is 18.2 Å². The minimum absolute atomic E-state index is 0.686. The molecular weight excluding hydrogens is 232 g/mol. The maximum atomic E-state index is 6.04. The maximum absolute atomic E-state index is 6.04. The lowest BCUT2D eigenvalue weighted by Crippen LogP contribution is -2.41. The molecule has 2 nitrogen and oxygen atoms in total. The van der Waals surface area contributed by atoms with Gasteiger partial charge in [0.2, 0.25) is 0 Å². The van der Waals surface area contributed by atoms with Crippen LogP contribution >= 0.6 is 0 Å². The highest BCUT2D eigenvalue weighted by Crippen LogP contribution is 2.45. The molecule has 1 saturated carbocycles. The summed E-state index contributed by atoms with van der Waals surface area (Å²) in [5.41, 5.74) is 10.1. The first kappa shape index (κ1) is 12.8. The molecule has 104 valence electrons. The fourth-order valence-corrected chi connectivity index (χ4v) is 3.87. The van der Waals surface area contributed by atoms with Gasteiger partial charge in [-0.05, 0) is 55.7 Å². The quantitative estimate of drug-likeness (QED) is 0.767. The van der Waals surface area contributed by atoms with Crippen molar-refractivity contribution in [2.75, 3.05) is 23.7 Å². The van der Waals surface area contributed by atoms with E-state index < -0.39 is 0 Å². The van der Waals surface area contributed by atoms with Crippen LogP contribution in [0, 0.1) is 12.3 Å². The Morgan fingerprint density at radius 2 is 1.68 bits per heavy atom. The Morgan fingerprint density at radius 3 is 2.32 bits per heavy atom. The van der Waals surface area contributed by atoms with Crippen LogP contribution in [0.2, 0.25) is 0 Å². The van der Waals surface area contributed by atoms with E-state index in [9.17, 15) is 0 Å². The molecule has 0 unspecified atom stereocenters. The summed E-state index contributed by atoms with van der Waals surface area (Å²) in [7, 11) is 0. The number of aryl methyl sites for hydroxylation is 1. The van der Waals surface area contributed by atoms with Gasteiger partial charge >= 0.3 is 0 Å². The second-order valence-corrected chi connectivity index (χ2v) is 6.59. The summed E-state index contributed by atoms with van der Waals surface area (Å²) in [5.74, 6) is 0. The molecule has 19 heavy (non-hydrogen) atoms. The first-order valence-electron chi connectivity index (χ1n) is 7.80. The van der Waals surface area contributed by atoms with Crippen LogP contribution in [-0.4, -0.2) is 13.1 Å². The zero-order valence-corrected chi connectivity index (χ0v) is 12.1. The molecule has 1 aromatic rings. The molecular formula is C17H26N2. The maximum Gasteiger partial charge on any atom is 0.0387 e. The molecule has 1 saturated heterocycles. The van der Waals surface area contributed by atoms with Gasteiger partial charge in [-0.3, -0.25) is 0 Å². The fourth-order valence-electron chi connectivity index (χ4n) is 3.87. The number of nitrogens with zero attached hydrogens (tertiary/aromatic N) is 1. The fraction of sp³-hybridized carbons (Fsp3) is 0.647. The van der Waals surface area contributed by atoms with E-state index >= 15 is 0 Å². The summed E-state index contributed by atoms with van der Waals surface area (Å²) >= 11 is 0. The van der Waals surface area contributed by atoms with Crippen molar-refractivity contribution in [1.29, 1.82) is 0 Å². The number of piperidine rings is 1. The molecule has 2 heteroatoms. The molecule has 1 aromatic carbocycles. The minimum atomic E-state index is 0.686. The predicted molar refractivity (Wildman–Crippen MR) is 82.6 cm³/mol. The van der Waals surface area contributed by atoms with E-state index in [0.717, 1.165) is 5.69 Å². The highest BCUT2D eigenvalue weighted by atomic mass is 15.1. The van der Waals surface area contributed by atoms with Gasteiger partial charge in [-0.25, -0.2) is 0 Å². The Labute approximate surface area is 117 Å². The van der Waals surface area contributed by atoms with Gasteiger partial charge in [-0.2, -0.15) is 0 Å². The number of nitrogen functional groups attached to an aromatic ring is 1. The SMILES string of the molecule is Cc1ccc(N2CCC3(CCCCC3)CC2)cc1N. The zero-order valence-electron chi connectivity index (χ0n) is 12.1. The van der Waals surface area contributed by atoms with Crippen molar-refractivity contribution in [2.24, 2.45) is 5.41 Å². The van der Waals surface area contributed by atoms with E-state index in [1.807, 2.05) is 0 Å². The standard InChI is InChI=1S/C17H26N2/c1-14-5-6-15(13-16(14)18)19-11-9-17(10-12-19)7-3-2-4-8-17/h5-6,13H,2-4,7-12,18H2,1H3. The molecule has 0 amide bonds. The van der Waals surface area contributed by atoms with Gasteiger partial charge in [0, 0.05) is 24.5 Å². The third-order valence-corrected chi connectivity index (χ3v) is 5.37. The van der Waals surface area contributed by atoms with Gasteiger partial charge in [0.1, 0.15) is 0 Å². The van der Waals surface area contributed by atoms with Crippen LogP contribution in [0.1, 0.15) is 50.5 Å². The lowest BCUT2D eigenvalue weighted by Gasteiger charge is -2.45. The lowest BCUT2D eigenvalue weighted by atomic mass is 9.68. The smallest absolute Gasteiger partial charge is 0.0387 e. The summed E-state index contributed by atoms with van der Waals surface area (Å²) < 4.78 is 0. The van der Waals surface area contributed by atoms with E-state index in [4.69, 9.17) is 5.73 Å². The van der Waals surface area contributed by atoms with E-state index in [1.165, 1.54) is 69.3 Å². The molecule has 1 spiro atoms. The summed E-state index contributed by atoms with van der Waals surface area (Å²) in [6, 6.07) is 6.52. The highest BCUT2D eigenvalue weighted by molar-refractivity contribution is 5.59. The summed E-state index contributed by atoms with van der Waals surface area (Å²) in [6.45, 7) is 4.50. The molecule has 2 N–H and O–H groups in total. The molecule has 1 aliphatic heterocycles. The highest BCUT2D eigenvalue weighted by Gasteiger charge is 2.35. The molecule has 1 aliphatic carbocycles. The van der Waals surface area contributed by atoms with Gasteiger partial charge in [0.25, 0.3) is 0 Å². The van der Waals surface area contributed by atoms with Crippen LogP contribution in [0.5, 0.6) is 0 Å². The second kappa shape index (κ2) is 5.07. The van der Waals surface area contributed by atoms with Crippen molar-refractivity contribution in [3.63, 3.8) is 0 Å². The van der Waals surface area contributed by atoms with Crippen LogP contribution in [0.25, 0.3) is 0 Å². The topological polar surface area (TPSA) is 29.3 Å². The van der Waals surface area contributed by atoms with Gasteiger partial charge in [0.15, 0.2) is 0 Å². The Hall–Kier alpha value is -1.18. The molecule has 3 rings (SSSR count). The van der Waals surface area contributed by atoms with Gasteiger partial charge in [-0.1, -0.05) is 25.3 Å². The van der Waals surface area contributed by atoms with E-state index in [0.29, 0.717) is 5.41 Å². The van der Waals surface area contributed by atoms with Crippen molar-refractivity contribution in [3.05, 3.63) is 23.8 Å².